The molecule has 2 aromatic rings. The van der Waals surface area contributed by atoms with E-state index < -0.39 is 12.3 Å². The monoisotopic (exact) mass is 402 g/mol. The molecule has 0 fully saturated rings. The summed E-state index contributed by atoms with van der Waals surface area (Å²) in [5, 5.41) is 5.71. The Hall–Kier alpha value is -2.81. The smallest absolute Gasteiger partial charge is 0.486 e. The maximum Gasteiger partial charge on any atom is 0.573 e. The maximum absolute atomic E-state index is 12.1. The van der Waals surface area contributed by atoms with Crippen molar-refractivity contribution in [2.24, 2.45) is 0 Å². The van der Waals surface area contributed by atoms with Crippen LogP contribution >= 0.6 is 11.6 Å². The summed E-state index contributed by atoms with van der Waals surface area (Å²) in [6.45, 7) is 0.702. The van der Waals surface area contributed by atoms with Crippen LogP contribution in [0.1, 0.15) is 0 Å². The molecule has 2 aromatic carbocycles. The zero-order chi connectivity index (χ0) is 19.4. The lowest BCUT2D eigenvalue weighted by Gasteiger charge is -2.20. The Balaban J connectivity index is 1.55. The summed E-state index contributed by atoms with van der Waals surface area (Å²) in [7, 11) is 0. The molecule has 0 saturated carbocycles. The number of alkyl halides is 3. The molecule has 0 bridgehead atoms. The highest BCUT2D eigenvalue weighted by molar-refractivity contribution is 6.34. The quantitative estimate of drug-likeness (QED) is 0.789. The van der Waals surface area contributed by atoms with E-state index in [1.54, 1.807) is 12.1 Å². The Bertz CT molecular complexity index is 828. The van der Waals surface area contributed by atoms with Crippen molar-refractivity contribution in [1.29, 1.82) is 0 Å². The van der Waals surface area contributed by atoms with Crippen LogP contribution in [0.5, 0.6) is 17.2 Å². The van der Waals surface area contributed by atoms with Crippen LogP contribution in [0.15, 0.2) is 36.4 Å². The molecule has 6 nitrogen and oxygen atoms in total. The summed E-state index contributed by atoms with van der Waals surface area (Å²) >= 11 is 6.12. The molecule has 3 rings (SSSR count). The number of ether oxygens (including phenoxy) is 3. The van der Waals surface area contributed by atoms with Gasteiger partial charge in [0.2, 0.25) is 5.91 Å². The van der Waals surface area contributed by atoms with Gasteiger partial charge in [0, 0.05) is 17.8 Å². The van der Waals surface area contributed by atoms with E-state index in [0.29, 0.717) is 41.1 Å². The van der Waals surface area contributed by atoms with Crippen molar-refractivity contribution in [3.63, 3.8) is 0 Å². The highest BCUT2D eigenvalue weighted by atomic mass is 35.5. The fourth-order valence-corrected chi connectivity index (χ4v) is 2.51. The van der Waals surface area contributed by atoms with Crippen LogP contribution in [-0.2, 0) is 4.79 Å². The number of hydrogen-bond donors (Lipinski definition) is 2. The first kappa shape index (κ1) is 19.0. The van der Waals surface area contributed by atoms with Gasteiger partial charge in [0.05, 0.1) is 17.3 Å². The fraction of sp³-hybridized carbons (Fsp3) is 0.235. The van der Waals surface area contributed by atoms with Crippen LogP contribution in [-0.4, -0.2) is 32.0 Å². The van der Waals surface area contributed by atoms with Gasteiger partial charge in [0.25, 0.3) is 0 Å². The lowest BCUT2D eigenvalue weighted by molar-refractivity contribution is -0.274. The third-order valence-electron chi connectivity index (χ3n) is 3.45. The van der Waals surface area contributed by atoms with E-state index in [1.807, 2.05) is 0 Å². The second kappa shape index (κ2) is 7.83. The largest absolute Gasteiger partial charge is 0.573 e. The van der Waals surface area contributed by atoms with Crippen LogP contribution in [0.4, 0.5) is 24.5 Å². The molecule has 1 amide bonds. The molecular weight excluding hydrogens is 389 g/mol. The molecule has 1 aliphatic rings. The van der Waals surface area contributed by atoms with E-state index in [9.17, 15) is 18.0 Å². The van der Waals surface area contributed by atoms with Crippen LogP contribution in [0.2, 0.25) is 5.02 Å². The minimum atomic E-state index is -4.75. The van der Waals surface area contributed by atoms with E-state index in [2.05, 4.69) is 15.4 Å². The van der Waals surface area contributed by atoms with Crippen LogP contribution in [0.25, 0.3) is 0 Å². The molecule has 0 atom stereocenters. The first-order chi connectivity index (χ1) is 12.8. The molecule has 144 valence electrons. The van der Waals surface area contributed by atoms with Crippen molar-refractivity contribution in [1.82, 2.24) is 0 Å². The third-order valence-corrected chi connectivity index (χ3v) is 3.76. The van der Waals surface area contributed by atoms with Gasteiger partial charge in [-0.15, -0.1) is 13.2 Å². The van der Waals surface area contributed by atoms with Gasteiger partial charge in [-0.05, 0) is 24.3 Å². The Kier molecular flexibility index (Phi) is 5.50. The van der Waals surface area contributed by atoms with Gasteiger partial charge in [-0.2, -0.15) is 0 Å². The second-order valence-electron chi connectivity index (χ2n) is 5.45. The molecule has 0 radical (unpaired) electrons. The van der Waals surface area contributed by atoms with E-state index in [4.69, 9.17) is 21.1 Å². The fourth-order valence-electron chi connectivity index (χ4n) is 2.31. The van der Waals surface area contributed by atoms with Gasteiger partial charge >= 0.3 is 6.36 Å². The van der Waals surface area contributed by atoms with Crippen molar-refractivity contribution >= 4 is 28.9 Å². The van der Waals surface area contributed by atoms with Gasteiger partial charge in [-0.3, -0.25) is 4.79 Å². The number of benzene rings is 2. The predicted octanol–water partition coefficient (Wildman–Crippen LogP) is 4.06. The highest BCUT2D eigenvalue weighted by Crippen LogP contribution is 2.37. The van der Waals surface area contributed by atoms with Crippen molar-refractivity contribution in [3.05, 3.63) is 41.4 Å². The first-order valence-electron chi connectivity index (χ1n) is 7.79. The lowest BCUT2D eigenvalue weighted by Crippen LogP contribution is -2.22. The van der Waals surface area contributed by atoms with Crippen molar-refractivity contribution < 1.29 is 32.2 Å². The molecule has 2 N–H and O–H groups in total. The van der Waals surface area contributed by atoms with Gasteiger partial charge in [0.15, 0.2) is 11.5 Å². The average molecular weight is 403 g/mol. The van der Waals surface area contributed by atoms with E-state index >= 15 is 0 Å². The number of hydrogen-bond acceptors (Lipinski definition) is 5. The minimum Gasteiger partial charge on any atom is -0.486 e. The maximum atomic E-state index is 12.1. The molecule has 27 heavy (non-hydrogen) atoms. The molecule has 10 heteroatoms. The Labute approximate surface area is 157 Å². The summed E-state index contributed by atoms with van der Waals surface area (Å²) in [6.07, 6.45) is -4.75. The van der Waals surface area contributed by atoms with Gasteiger partial charge in [-0.25, -0.2) is 0 Å². The predicted molar refractivity (Wildman–Crippen MR) is 92.7 cm³/mol. The number of rotatable bonds is 5. The Morgan fingerprint density at radius 3 is 2.37 bits per heavy atom. The zero-order valence-corrected chi connectivity index (χ0v) is 14.5. The zero-order valence-electron chi connectivity index (χ0n) is 13.7. The van der Waals surface area contributed by atoms with E-state index in [1.165, 1.54) is 12.1 Å². The number of carbonyl (C=O) groups excluding carboxylic acids is 1. The molecule has 0 spiro atoms. The summed E-state index contributed by atoms with van der Waals surface area (Å²) in [5.41, 5.74) is 0.814. The summed E-state index contributed by atoms with van der Waals surface area (Å²) in [5.74, 6) is 0.238. The molecule has 1 heterocycles. The number of nitrogens with one attached hydrogen (secondary N) is 2. The van der Waals surface area contributed by atoms with E-state index in [-0.39, 0.29) is 12.3 Å². The molecule has 1 aliphatic heterocycles. The number of carbonyl (C=O) groups is 1. The van der Waals surface area contributed by atoms with Crippen molar-refractivity contribution in [2.75, 3.05) is 30.4 Å². The van der Waals surface area contributed by atoms with Gasteiger partial charge < -0.3 is 24.8 Å². The van der Waals surface area contributed by atoms with Crippen molar-refractivity contribution in [2.45, 2.75) is 6.36 Å². The van der Waals surface area contributed by atoms with Gasteiger partial charge in [0.1, 0.15) is 19.0 Å². The SMILES string of the molecule is O=C(CNc1ccc(OC(F)(F)F)cc1)Nc1cc2c(cc1Cl)OCCO2. The van der Waals surface area contributed by atoms with Crippen LogP contribution < -0.4 is 24.8 Å². The molecule has 0 unspecified atom stereocenters. The minimum absolute atomic E-state index is 0.121. The third kappa shape index (κ3) is 5.33. The van der Waals surface area contributed by atoms with Crippen LogP contribution in [0.3, 0.4) is 0 Å². The summed E-state index contributed by atoms with van der Waals surface area (Å²) in [4.78, 5) is 12.1. The number of anilines is 2. The number of amides is 1. The molecular formula is C17H14ClF3N2O4. The normalized spacial score (nSPS) is 13.0. The number of fused-ring (bicyclic) bond motifs is 1. The van der Waals surface area contributed by atoms with Gasteiger partial charge in [-0.1, -0.05) is 11.6 Å². The topological polar surface area (TPSA) is 68.8 Å². The second-order valence-corrected chi connectivity index (χ2v) is 5.86. The Morgan fingerprint density at radius 2 is 1.74 bits per heavy atom. The summed E-state index contributed by atoms with van der Waals surface area (Å²) in [6, 6.07) is 8.14. The number of halogens is 4. The average Bonchev–Trinajstić information content (AvgIpc) is 2.60. The molecule has 0 saturated heterocycles. The van der Waals surface area contributed by atoms with Crippen LogP contribution in [0, 0.1) is 0 Å². The highest BCUT2D eigenvalue weighted by Gasteiger charge is 2.30. The van der Waals surface area contributed by atoms with E-state index in [0.717, 1.165) is 12.1 Å². The standard InChI is InChI=1S/C17H14ClF3N2O4/c18-12-7-14-15(26-6-5-25-14)8-13(12)23-16(24)9-22-10-1-3-11(4-2-10)27-17(19,20)21/h1-4,7-8,22H,5-6,9H2,(H,23,24). The molecule has 0 aliphatic carbocycles. The lowest BCUT2D eigenvalue weighted by atomic mass is 10.2. The van der Waals surface area contributed by atoms with Crippen molar-refractivity contribution in [3.8, 4) is 17.2 Å². The first-order valence-corrected chi connectivity index (χ1v) is 8.17. The Morgan fingerprint density at radius 1 is 1.11 bits per heavy atom. The molecule has 0 aromatic heterocycles. The summed E-state index contributed by atoms with van der Waals surface area (Å²) < 4.78 is 51.0.